The van der Waals surface area contributed by atoms with Crippen LogP contribution in [-0.2, 0) is 26.0 Å². The number of benzene rings is 1. The third kappa shape index (κ3) is 5.73. The van der Waals surface area contributed by atoms with Gasteiger partial charge in [0.05, 0.1) is 17.6 Å². The van der Waals surface area contributed by atoms with Gasteiger partial charge in [0.15, 0.2) is 0 Å². The number of nitrogens with zero attached hydrogens (tertiary/aromatic N) is 2. The fourth-order valence-electron chi connectivity index (χ4n) is 3.42. The number of thioether (sulfide) groups is 1. The molecule has 0 saturated heterocycles. The monoisotopic (exact) mass is 469 g/mol. The van der Waals surface area contributed by atoms with E-state index in [0.717, 1.165) is 11.8 Å². The van der Waals surface area contributed by atoms with Gasteiger partial charge in [-0.05, 0) is 54.5 Å². The molecule has 1 aromatic rings. The number of carbonyl (C=O) groups is 1. The Bertz CT molecular complexity index is 1030. The van der Waals surface area contributed by atoms with Crippen molar-refractivity contribution in [2.75, 3.05) is 0 Å². The predicted octanol–water partition coefficient (Wildman–Crippen LogP) is 5.23. The molecule has 2 rings (SSSR count). The second kappa shape index (κ2) is 9.80. The Labute approximate surface area is 188 Å². The number of halogens is 2. The van der Waals surface area contributed by atoms with Gasteiger partial charge in [-0.2, -0.15) is 15.9 Å². The molecular formula is C22H27F2N2O3S2-. The van der Waals surface area contributed by atoms with Crippen LogP contribution in [0.25, 0.3) is 0 Å². The average Bonchev–Trinajstić information content (AvgIpc) is 3.03. The normalized spacial score (nSPS) is 20.3. The first-order valence-electron chi connectivity index (χ1n) is 9.93. The second-order valence-electron chi connectivity index (χ2n) is 8.60. The minimum atomic E-state index is -2.18. The van der Waals surface area contributed by atoms with E-state index >= 15 is 0 Å². The van der Waals surface area contributed by atoms with Crippen molar-refractivity contribution in [3.8, 4) is 6.07 Å². The lowest BCUT2D eigenvalue weighted by Gasteiger charge is -2.22. The van der Waals surface area contributed by atoms with Gasteiger partial charge in [-0.15, -0.1) is 11.8 Å². The zero-order valence-electron chi connectivity index (χ0n) is 18.4. The molecule has 170 valence electrons. The quantitative estimate of drug-likeness (QED) is 0.577. The van der Waals surface area contributed by atoms with Gasteiger partial charge in [-0.3, -0.25) is 4.79 Å². The minimum Gasteiger partial charge on any atom is -0.443 e. The Morgan fingerprint density at radius 3 is 2.42 bits per heavy atom. The maximum absolute atomic E-state index is 14.9. The molecule has 2 unspecified atom stereocenters. The molecule has 0 bridgehead atoms. The van der Waals surface area contributed by atoms with Crippen molar-refractivity contribution < 1.29 is 22.9 Å². The van der Waals surface area contributed by atoms with Crippen molar-refractivity contribution in [3.63, 3.8) is 0 Å². The number of hydrogen-bond donors (Lipinski definition) is 1. The molecule has 1 heterocycles. The molecular weight excluding hydrogens is 442 g/mol. The van der Waals surface area contributed by atoms with Crippen LogP contribution in [0.15, 0.2) is 21.4 Å². The van der Waals surface area contributed by atoms with E-state index in [1.807, 2.05) is 19.9 Å². The topological polar surface area (TPSA) is 90.5 Å². The van der Waals surface area contributed by atoms with Crippen molar-refractivity contribution >= 4 is 28.3 Å². The summed E-state index contributed by atoms with van der Waals surface area (Å²) in [7, 11) is -2.18. The summed E-state index contributed by atoms with van der Waals surface area (Å²) in [5.41, 5.74) is -0.0197. The number of nitriles is 1. The first-order chi connectivity index (χ1) is 14.3. The van der Waals surface area contributed by atoms with E-state index in [4.69, 9.17) is 0 Å². The highest BCUT2D eigenvalue weighted by Gasteiger charge is 2.32. The van der Waals surface area contributed by atoms with Gasteiger partial charge in [0, 0.05) is 9.49 Å². The predicted molar refractivity (Wildman–Crippen MR) is 119 cm³/mol. The molecule has 1 amide bonds. The first kappa shape index (κ1) is 25.5. The molecule has 5 nitrogen and oxygen atoms in total. The van der Waals surface area contributed by atoms with Crippen LogP contribution < -0.4 is 0 Å². The molecule has 0 saturated carbocycles. The zero-order valence-corrected chi connectivity index (χ0v) is 20.0. The summed E-state index contributed by atoms with van der Waals surface area (Å²) >= 11 is 0.900. The van der Waals surface area contributed by atoms with E-state index in [1.54, 1.807) is 13.8 Å². The Balaban J connectivity index is 2.39. The molecule has 1 N–H and O–H groups in total. The van der Waals surface area contributed by atoms with E-state index in [9.17, 15) is 28.2 Å². The van der Waals surface area contributed by atoms with E-state index in [2.05, 4.69) is 4.36 Å². The number of alkyl halides is 1. The molecule has 2 atom stereocenters. The standard InChI is InChI=1S/C22H27F2N2O3S2/c1-11(2)14-7-13(10-25)20(24)19(12(3)4)15(14)8-18(27)26-31(29)21-16(23)9-17(30-21)22(5,6)28/h7,9,11-12,16,21,28H,8H2,1-6H3/q-1. The molecule has 0 spiro atoms. The number of carbonyl (C=O) groups excluding carboxylic acids is 1. The molecule has 0 fully saturated rings. The van der Waals surface area contributed by atoms with Gasteiger partial charge in [-0.25, -0.2) is 8.78 Å². The SMILES string of the molecule is CC(C)c1cc(C#N)c(F)c(C(C)C)c1CC(=O)N=[S-](=O)C1SC(C(C)(C)O)=CC1F. The maximum atomic E-state index is 14.9. The molecule has 1 aliphatic heterocycles. The Hall–Kier alpha value is -1.76. The molecule has 9 heteroatoms. The van der Waals surface area contributed by atoms with E-state index < -0.39 is 38.7 Å². The summed E-state index contributed by atoms with van der Waals surface area (Å²) in [6.07, 6.45) is -0.722. The van der Waals surface area contributed by atoms with E-state index in [-0.39, 0.29) is 29.4 Å². The molecule has 0 aliphatic carbocycles. The van der Waals surface area contributed by atoms with Crippen molar-refractivity contribution in [2.45, 2.75) is 76.2 Å². The fraction of sp³-hybridized carbons (Fsp3) is 0.545. The van der Waals surface area contributed by atoms with E-state index in [0.29, 0.717) is 16.0 Å². The highest BCUT2D eigenvalue weighted by molar-refractivity contribution is 8.12. The van der Waals surface area contributed by atoms with Gasteiger partial charge >= 0.3 is 0 Å². The van der Waals surface area contributed by atoms with Crippen molar-refractivity contribution in [2.24, 2.45) is 4.36 Å². The lowest BCUT2D eigenvalue weighted by atomic mass is 9.85. The summed E-state index contributed by atoms with van der Waals surface area (Å²) < 4.78 is 44.3. The Morgan fingerprint density at radius 2 is 1.97 bits per heavy atom. The number of amides is 1. The summed E-state index contributed by atoms with van der Waals surface area (Å²) in [5.74, 6) is -1.80. The highest BCUT2D eigenvalue weighted by atomic mass is 32.2. The van der Waals surface area contributed by atoms with Crippen LogP contribution in [0, 0.1) is 17.1 Å². The van der Waals surface area contributed by atoms with E-state index in [1.165, 1.54) is 26.0 Å². The van der Waals surface area contributed by atoms with Crippen LogP contribution in [0.2, 0.25) is 0 Å². The zero-order chi connectivity index (χ0) is 23.7. The lowest BCUT2D eigenvalue weighted by molar-refractivity contribution is -0.117. The summed E-state index contributed by atoms with van der Waals surface area (Å²) in [4.78, 5) is 13.0. The smallest absolute Gasteiger partial charge is 0.227 e. The number of hydrogen-bond acceptors (Lipinski definition) is 6. The van der Waals surface area contributed by atoms with Crippen molar-refractivity contribution in [3.05, 3.63) is 45.1 Å². The largest absolute Gasteiger partial charge is 0.443 e. The third-order valence-corrected chi connectivity index (χ3v) is 8.11. The Morgan fingerprint density at radius 1 is 1.35 bits per heavy atom. The van der Waals surface area contributed by atoms with Gasteiger partial charge in [0.1, 0.15) is 18.1 Å². The van der Waals surface area contributed by atoms with Crippen LogP contribution >= 0.6 is 11.8 Å². The average molecular weight is 470 g/mol. The number of aliphatic hydroxyl groups is 1. The number of rotatable bonds is 6. The second-order valence-corrected chi connectivity index (χ2v) is 11.3. The highest BCUT2D eigenvalue weighted by Crippen LogP contribution is 2.41. The molecule has 1 aromatic carbocycles. The Kier molecular flexibility index (Phi) is 8.06. The van der Waals surface area contributed by atoms with Gasteiger partial charge in [-0.1, -0.05) is 27.7 Å². The van der Waals surface area contributed by atoms with Crippen LogP contribution in [-0.4, -0.2) is 27.4 Å². The van der Waals surface area contributed by atoms with Crippen molar-refractivity contribution in [1.29, 1.82) is 5.26 Å². The minimum absolute atomic E-state index is 0.0855. The van der Waals surface area contributed by atoms with Gasteiger partial charge < -0.3 is 13.7 Å². The summed E-state index contributed by atoms with van der Waals surface area (Å²) in [6, 6.07) is 3.29. The van der Waals surface area contributed by atoms with Crippen molar-refractivity contribution in [1.82, 2.24) is 0 Å². The molecule has 1 aliphatic rings. The molecule has 31 heavy (non-hydrogen) atoms. The van der Waals surface area contributed by atoms with Crippen LogP contribution in [0.4, 0.5) is 8.78 Å². The lowest BCUT2D eigenvalue weighted by Crippen LogP contribution is -2.19. The third-order valence-electron chi connectivity index (χ3n) is 4.90. The van der Waals surface area contributed by atoms with Gasteiger partial charge in [0.2, 0.25) is 5.91 Å². The van der Waals surface area contributed by atoms with Crippen LogP contribution in [0.5, 0.6) is 0 Å². The van der Waals surface area contributed by atoms with Gasteiger partial charge in [0.25, 0.3) is 0 Å². The fourth-order valence-corrected chi connectivity index (χ4v) is 5.82. The number of allylic oxidation sites excluding steroid dienone is 1. The summed E-state index contributed by atoms with van der Waals surface area (Å²) in [6.45, 7) is 10.3. The first-order valence-corrected chi connectivity index (χ1v) is 12.0. The maximum Gasteiger partial charge on any atom is 0.227 e. The van der Waals surface area contributed by atoms with Crippen LogP contribution in [0.3, 0.4) is 0 Å². The molecule has 0 aromatic heterocycles. The summed E-state index contributed by atoms with van der Waals surface area (Å²) in [5, 5.41) is 19.3. The molecule has 0 radical (unpaired) electrons. The van der Waals surface area contributed by atoms with Crippen LogP contribution in [0.1, 0.15) is 75.6 Å².